The van der Waals surface area contributed by atoms with E-state index >= 15 is 0 Å². The van der Waals surface area contributed by atoms with Gasteiger partial charge in [0.2, 0.25) is 5.88 Å². The van der Waals surface area contributed by atoms with Crippen molar-refractivity contribution in [2.45, 2.75) is 38.6 Å². The third-order valence-electron chi connectivity index (χ3n) is 6.59. The minimum atomic E-state index is 0.0191. The molecule has 0 N–H and O–H groups in total. The van der Waals surface area contributed by atoms with Crippen LogP contribution in [0.1, 0.15) is 48.0 Å². The van der Waals surface area contributed by atoms with Gasteiger partial charge in [-0.2, -0.15) is 0 Å². The average Bonchev–Trinajstić information content (AvgIpc) is 3.61. The van der Waals surface area contributed by atoms with Gasteiger partial charge in [0.1, 0.15) is 11.4 Å². The monoisotopic (exact) mass is 445 g/mol. The highest BCUT2D eigenvalue weighted by Crippen LogP contribution is 2.36. The molecule has 0 spiro atoms. The number of aromatic nitrogens is 1. The third kappa shape index (κ3) is 4.90. The van der Waals surface area contributed by atoms with Gasteiger partial charge in [-0.1, -0.05) is 41.6 Å². The highest BCUT2D eigenvalue weighted by Gasteiger charge is 2.31. The molecule has 1 aliphatic heterocycles. The first-order chi connectivity index (χ1) is 16.2. The number of anilines is 1. The second-order valence-corrected chi connectivity index (χ2v) is 9.09. The van der Waals surface area contributed by atoms with Crippen molar-refractivity contribution in [2.24, 2.45) is 5.92 Å². The van der Waals surface area contributed by atoms with Crippen LogP contribution in [0.5, 0.6) is 5.75 Å². The van der Waals surface area contributed by atoms with Gasteiger partial charge in [-0.3, -0.25) is 4.79 Å². The Morgan fingerprint density at radius 3 is 2.61 bits per heavy atom. The second kappa shape index (κ2) is 9.69. The zero-order valence-electron chi connectivity index (χ0n) is 19.2. The minimum Gasteiger partial charge on any atom is -0.497 e. The number of carbonyl (C=O) groups is 1. The molecule has 1 saturated heterocycles. The van der Waals surface area contributed by atoms with E-state index in [1.165, 1.54) is 19.3 Å². The van der Waals surface area contributed by atoms with Crippen LogP contribution in [-0.4, -0.2) is 42.7 Å². The topological polar surface area (TPSA) is 58.8 Å². The van der Waals surface area contributed by atoms with Crippen LogP contribution in [-0.2, 0) is 6.54 Å². The van der Waals surface area contributed by atoms with Crippen molar-refractivity contribution >= 4 is 11.8 Å². The van der Waals surface area contributed by atoms with Crippen molar-refractivity contribution < 1.29 is 14.1 Å². The molecule has 0 bridgehead atoms. The Bertz CT molecular complexity index is 1090. The van der Waals surface area contributed by atoms with Crippen LogP contribution >= 0.6 is 0 Å². The zero-order chi connectivity index (χ0) is 22.6. The largest absolute Gasteiger partial charge is 0.497 e. The molecule has 2 heterocycles. The first kappa shape index (κ1) is 21.6. The SMILES string of the molecule is COc1cccc(C(=O)N(Cc2c(-c3ccccc3)noc2N2CCCCC2)CC2CC2)c1. The van der Waals surface area contributed by atoms with Gasteiger partial charge in [0.05, 0.1) is 19.2 Å². The number of benzene rings is 2. The molecular formula is C27H31N3O3. The molecule has 0 unspecified atom stereocenters. The van der Waals surface area contributed by atoms with Crippen LogP contribution in [0, 0.1) is 5.92 Å². The number of hydrogen-bond acceptors (Lipinski definition) is 5. The molecule has 2 fully saturated rings. The van der Waals surface area contributed by atoms with E-state index in [9.17, 15) is 4.79 Å². The van der Waals surface area contributed by atoms with Gasteiger partial charge in [-0.05, 0) is 56.2 Å². The molecule has 172 valence electrons. The molecule has 1 aliphatic carbocycles. The van der Waals surface area contributed by atoms with E-state index in [1.54, 1.807) is 7.11 Å². The lowest BCUT2D eigenvalue weighted by Crippen LogP contribution is -2.34. The summed E-state index contributed by atoms with van der Waals surface area (Å²) in [4.78, 5) is 17.9. The Balaban J connectivity index is 1.51. The van der Waals surface area contributed by atoms with Crippen LogP contribution in [0.15, 0.2) is 59.1 Å². The molecule has 1 saturated carbocycles. The number of piperidine rings is 1. The average molecular weight is 446 g/mol. The summed E-state index contributed by atoms with van der Waals surface area (Å²) >= 11 is 0. The Hall–Kier alpha value is -3.28. The molecule has 0 atom stereocenters. The normalized spacial score (nSPS) is 16.0. The number of hydrogen-bond donors (Lipinski definition) is 0. The van der Waals surface area contributed by atoms with E-state index < -0.39 is 0 Å². The second-order valence-electron chi connectivity index (χ2n) is 9.09. The van der Waals surface area contributed by atoms with Crippen molar-refractivity contribution in [1.29, 1.82) is 0 Å². The molecular weight excluding hydrogens is 414 g/mol. The highest BCUT2D eigenvalue weighted by atomic mass is 16.5. The molecule has 2 aromatic carbocycles. The number of methoxy groups -OCH3 is 1. The molecule has 6 nitrogen and oxygen atoms in total. The molecule has 6 heteroatoms. The molecule has 1 aromatic heterocycles. The molecule has 0 radical (unpaired) electrons. The van der Waals surface area contributed by atoms with Gasteiger partial charge >= 0.3 is 0 Å². The summed E-state index contributed by atoms with van der Waals surface area (Å²) in [5.41, 5.74) is 3.49. The van der Waals surface area contributed by atoms with Crippen molar-refractivity contribution in [2.75, 3.05) is 31.6 Å². The van der Waals surface area contributed by atoms with Gasteiger partial charge < -0.3 is 19.1 Å². The van der Waals surface area contributed by atoms with Crippen LogP contribution in [0.2, 0.25) is 0 Å². The number of rotatable bonds is 8. The summed E-state index contributed by atoms with van der Waals surface area (Å²) in [6.07, 6.45) is 5.89. The standard InChI is InChI=1S/C27H31N3O3/c1-32-23-12-8-11-22(17-23)26(31)30(18-20-13-14-20)19-24-25(21-9-4-2-5-10-21)28-33-27(24)29-15-6-3-7-16-29/h2,4-5,8-12,17,20H,3,6-7,13-16,18-19H2,1H3. The van der Waals surface area contributed by atoms with Gasteiger partial charge in [0.25, 0.3) is 5.91 Å². The number of carbonyl (C=O) groups excluding carboxylic acids is 1. The van der Waals surface area contributed by atoms with Crippen molar-refractivity contribution in [3.05, 3.63) is 65.7 Å². The van der Waals surface area contributed by atoms with Crippen LogP contribution in [0.3, 0.4) is 0 Å². The van der Waals surface area contributed by atoms with Crippen molar-refractivity contribution in [3.63, 3.8) is 0 Å². The third-order valence-corrected chi connectivity index (χ3v) is 6.59. The quantitative estimate of drug-likeness (QED) is 0.465. The molecule has 5 rings (SSSR count). The summed E-state index contributed by atoms with van der Waals surface area (Å²) in [5, 5.41) is 4.49. The lowest BCUT2D eigenvalue weighted by atomic mass is 10.0. The minimum absolute atomic E-state index is 0.0191. The fourth-order valence-corrected chi connectivity index (χ4v) is 4.57. The fourth-order valence-electron chi connectivity index (χ4n) is 4.57. The van der Waals surface area contributed by atoms with Gasteiger partial charge in [0.15, 0.2) is 0 Å². The lowest BCUT2D eigenvalue weighted by molar-refractivity contribution is 0.0735. The smallest absolute Gasteiger partial charge is 0.254 e. The summed E-state index contributed by atoms with van der Waals surface area (Å²) in [7, 11) is 1.62. The fraction of sp³-hybridized carbons (Fsp3) is 0.407. The van der Waals surface area contributed by atoms with E-state index in [2.05, 4.69) is 22.2 Å². The van der Waals surface area contributed by atoms with E-state index in [0.29, 0.717) is 23.8 Å². The van der Waals surface area contributed by atoms with E-state index in [1.807, 2.05) is 47.4 Å². The maximum Gasteiger partial charge on any atom is 0.254 e. The Morgan fingerprint density at radius 1 is 1.09 bits per heavy atom. The van der Waals surface area contributed by atoms with Crippen LogP contribution < -0.4 is 9.64 Å². The van der Waals surface area contributed by atoms with E-state index in [0.717, 1.165) is 55.2 Å². The van der Waals surface area contributed by atoms with E-state index in [-0.39, 0.29) is 5.91 Å². The van der Waals surface area contributed by atoms with Crippen LogP contribution in [0.25, 0.3) is 11.3 Å². The van der Waals surface area contributed by atoms with E-state index in [4.69, 9.17) is 9.26 Å². The van der Waals surface area contributed by atoms with Crippen LogP contribution in [0.4, 0.5) is 5.88 Å². The lowest BCUT2D eigenvalue weighted by Gasteiger charge is -2.28. The van der Waals surface area contributed by atoms with Crippen molar-refractivity contribution in [3.8, 4) is 17.0 Å². The summed E-state index contributed by atoms with van der Waals surface area (Å²) in [6.45, 7) is 3.15. The maximum absolute atomic E-state index is 13.6. The molecule has 33 heavy (non-hydrogen) atoms. The zero-order valence-corrected chi connectivity index (χ0v) is 19.2. The molecule has 2 aliphatic rings. The summed E-state index contributed by atoms with van der Waals surface area (Å²) < 4.78 is 11.3. The predicted octanol–water partition coefficient (Wildman–Crippen LogP) is 5.39. The molecule has 1 amide bonds. The molecule has 3 aromatic rings. The van der Waals surface area contributed by atoms with Gasteiger partial charge in [0, 0.05) is 30.8 Å². The Morgan fingerprint density at radius 2 is 1.88 bits per heavy atom. The highest BCUT2D eigenvalue weighted by molar-refractivity contribution is 5.94. The predicted molar refractivity (Wildman–Crippen MR) is 128 cm³/mol. The first-order valence-corrected chi connectivity index (χ1v) is 11.9. The maximum atomic E-state index is 13.6. The number of ether oxygens (including phenoxy) is 1. The van der Waals surface area contributed by atoms with Gasteiger partial charge in [-0.25, -0.2) is 0 Å². The van der Waals surface area contributed by atoms with Crippen molar-refractivity contribution in [1.82, 2.24) is 10.1 Å². The number of nitrogens with zero attached hydrogens (tertiary/aromatic N) is 3. The first-order valence-electron chi connectivity index (χ1n) is 11.9. The Labute approximate surface area is 195 Å². The summed E-state index contributed by atoms with van der Waals surface area (Å²) in [5.74, 6) is 2.09. The Kier molecular flexibility index (Phi) is 6.33. The summed E-state index contributed by atoms with van der Waals surface area (Å²) in [6, 6.07) is 17.5. The number of amides is 1. The van der Waals surface area contributed by atoms with Gasteiger partial charge in [-0.15, -0.1) is 0 Å².